The van der Waals surface area contributed by atoms with Crippen LogP contribution < -0.4 is 31.6 Å². The predicted molar refractivity (Wildman–Crippen MR) is 131 cm³/mol. The quantitative estimate of drug-likeness (QED) is 0.218. The minimum Gasteiger partial charge on any atom is -0.489 e. The van der Waals surface area contributed by atoms with Crippen LogP contribution in [0.3, 0.4) is 0 Å². The highest BCUT2D eigenvalue weighted by Crippen LogP contribution is 2.37. The van der Waals surface area contributed by atoms with E-state index < -0.39 is 0 Å². The number of carbonyl (C=O) groups is 2. The monoisotopic (exact) mass is 470 g/mol. The second-order valence-corrected chi connectivity index (χ2v) is 7.73. The van der Waals surface area contributed by atoms with Gasteiger partial charge in [-0.15, -0.1) is 11.8 Å². The van der Waals surface area contributed by atoms with Crippen molar-refractivity contribution in [2.24, 2.45) is 0 Å². The van der Waals surface area contributed by atoms with Crippen molar-refractivity contribution in [3.63, 3.8) is 0 Å². The van der Waals surface area contributed by atoms with Crippen molar-refractivity contribution in [2.75, 3.05) is 35.3 Å². The van der Waals surface area contributed by atoms with Gasteiger partial charge in [-0.2, -0.15) is 0 Å². The van der Waals surface area contributed by atoms with Gasteiger partial charge in [0.15, 0.2) is 0 Å². The van der Waals surface area contributed by atoms with E-state index in [-0.39, 0.29) is 25.0 Å². The van der Waals surface area contributed by atoms with Crippen molar-refractivity contribution in [1.82, 2.24) is 0 Å². The molecule has 0 saturated heterocycles. The molecule has 0 aromatic heterocycles. The Bertz CT molecular complexity index is 982. The molecule has 4 rings (SSSR count). The van der Waals surface area contributed by atoms with Gasteiger partial charge in [-0.1, -0.05) is 0 Å². The molecule has 0 aliphatic carbocycles. The van der Waals surface area contributed by atoms with Crippen molar-refractivity contribution in [3.05, 3.63) is 35.4 Å². The van der Waals surface area contributed by atoms with Gasteiger partial charge >= 0.3 is 0 Å². The van der Waals surface area contributed by atoms with Gasteiger partial charge in [-0.25, -0.2) is 0 Å². The third-order valence-electron chi connectivity index (χ3n) is 4.95. The van der Waals surface area contributed by atoms with Gasteiger partial charge < -0.3 is 41.8 Å². The lowest BCUT2D eigenvalue weighted by atomic mass is 10.1. The Morgan fingerprint density at radius 2 is 1.21 bits per heavy atom. The van der Waals surface area contributed by atoms with Crippen LogP contribution in [0.25, 0.3) is 0 Å². The molecule has 0 saturated carbocycles. The van der Waals surface area contributed by atoms with Crippen molar-refractivity contribution in [2.45, 2.75) is 38.8 Å². The number of anilines is 4. The summed E-state index contributed by atoms with van der Waals surface area (Å²) < 4.78 is 11.7. The number of nitrogen functional groups attached to an aromatic ring is 2. The summed E-state index contributed by atoms with van der Waals surface area (Å²) in [6, 6.07) is 8.15. The van der Waals surface area contributed by atoms with Gasteiger partial charge in [-0.05, 0) is 49.2 Å². The molecule has 2 aliphatic rings. The average Bonchev–Trinajstić information content (AvgIpc) is 2.78. The summed E-state index contributed by atoms with van der Waals surface area (Å²) in [5, 5.41) is 20.7. The van der Waals surface area contributed by atoms with Gasteiger partial charge in [0.25, 0.3) is 12.9 Å². The van der Waals surface area contributed by atoms with E-state index in [0.29, 0.717) is 37.4 Å². The molecule has 0 amide bonds. The minimum absolute atomic E-state index is 0.125. The van der Waals surface area contributed by atoms with Gasteiger partial charge in [0.1, 0.15) is 36.1 Å². The first-order valence-corrected chi connectivity index (χ1v) is 10.5. The van der Waals surface area contributed by atoms with Gasteiger partial charge in [0.2, 0.25) is 0 Å². The molecule has 8 N–H and O–H groups in total. The highest BCUT2D eigenvalue weighted by molar-refractivity contribution is 5.76. The Balaban J connectivity index is 0.000000618. The van der Waals surface area contributed by atoms with Gasteiger partial charge in [0.05, 0.1) is 23.5 Å². The first-order chi connectivity index (χ1) is 16.3. The number of ether oxygens (including phenoxy) is 2. The zero-order valence-electron chi connectivity index (χ0n) is 19.1. The average molecular weight is 471 g/mol. The molecular weight excluding hydrogens is 440 g/mol. The Labute approximate surface area is 198 Å². The van der Waals surface area contributed by atoms with Crippen LogP contribution in [0.2, 0.25) is 0 Å². The fraction of sp³-hybridized carbons (Fsp3) is 0.333. The fourth-order valence-electron chi connectivity index (χ4n) is 3.58. The number of carboxylic acid groups (broad SMARTS) is 2. The number of benzene rings is 2. The van der Waals surface area contributed by atoms with Crippen LogP contribution in [0.5, 0.6) is 11.5 Å². The Morgan fingerprint density at radius 3 is 1.56 bits per heavy atom. The number of rotatable bonds is 2. The molecule has 0 bridgehead atoms. The highest BCUT2D eigenvalue weighted by Gasteiger charge is 2.22. The van der Waals surface area contributed by atoms with E-state index in [2.05, 4.69) is 22.5 Å². The van der Waals surface area contributed by atoms with E-state index in [0.717, 1.165) is 34.0 Å². The van der Waals surface area contributed by atoms with Crippen molar-refractivity contribution in [1.29, 1.82) is 0 Å². The maximum Gasteiger partial charge on any atom is 0.290 e. The second kappa shape index (κ2) is 12.7. The molecule has 0 fully saturated rings. The normalized spacial score (nSPS) is 16.8. The Kier molecular flexibility index (Phi) is 9.71. The molecule has 182 valence electrons. The molecular formula is C24H30N4O6. The molecule has 2 atom stereocenters. The molecule has 1 unspecified atom stereocenters. The topological polar surface area (TPSA) is 169 Å². The first kappa shape index (κ1) is 26.0. The third kappa shape index (κ3) is 7.13. The number of fused-ring (bicyclic) bond motifs is 2. The van der Waals surface area contributed by atoms with Crippen LogP contribution >= 0.6 is 0 Å². The van der Waals surface area contributed by atoms with E-state index in [4.69, 9.17) is 40.7 Å². The zero-order valence-corrected chi connectivity index (χ0v) is 19.1. The van der Waals surface area contributed by atoms with Crippen LogP contribution in [-0.2, 0) is 9.59 Å². The Hall–Kier alpha value is -4.26. The molecule has 0 spiro atoms. The lowest BCUT2D eigenvalue weighted by Gasteiger charge is -2.28. The molecule has 2 heterocycles. The lowest BCUT2D eigenvalue weighted by Crippen LogP contribution is -2.32. The SMILES string of the molecule is Cc1cc(N)c2c(c1)OCC(CC#CC[C@H]1COc3cc(C)cc(N)c3N1)N2.O=CO.O=CO. The summed E-state index contributed by atoms with van der Waals surface area (Å²) in [6.07, 6.45) is 1.39. The van der Waals surface area contributed by atoms with E-state index in [1.807, 2.05) is 38.1 Å². The standard InChI is InChI=1S/C22H26N4O2.2CH2O2/c1-13-7-17(23)21-19(9-13)27-11-15(25-21)5-3-4-6-16-12-28-20-10-14(2)8-18(24)22(20)26-16;2*2-1-3/h7-10,15-16,25-26H,5-6,11-12,23-24H2,1-2H3;2*1H,(H,2,3)/t15-,16?;;/m0../s1. The molecule has 2 aromatic carbocycles. The van der Waals surface area contributed by atoms with Crippen LogP contribution in [0.4, 0.5) is 22.7 Å². The fourth-order valence-corrected chi connectivity index (χ4v) is 3.58. The summed E-state index contributed by atoms with van der Waals surface area (Å²) in [4.78, 5) is 16.7. The number of aryl methyl sites for hydroxylation is 2. The van der Waals surface area contributed by atoms with E-state index in [1.165, 1.54) is 0 Å². The van der Waals surface area contributed by atoms with E-state index in [9.17, 15) is 0 Å². The molecule has 2 aliphatic heterocycles. The maximum atomic E-state index is 8.36. The summed E-state index contributed by atoms with van der Waals surface area (Å²) >= 11 is 0. The summed E-state index contributed by atoms with van der Waals surface area (Å²) in [5.74, 6) is 8.14. The van der Waals surface area contributed by atoms with Gasteiger partial charge in [-0.3, -0.25) is 9.59 Å². The number of hydrogen-bond donors (Lipinski definition) is 6. The minimum atomic E-state index is -0.250. The maximum absolute atomic E-state index is 8.36. The predicted octanol–water partition coefficient (Wildman–Crippen LogP) is 2.70. The first-order valence-electron chi connectivity index (χ1n) is 10.5. The van der Waals surface area contributed by atoms with E-state index in [1.54, 1.807) is 0 Å². The summed E-state index contributed by atoms with van der Waals surface area (Å²) in [7, 11) is 0. The smallest absolute Gasteiger partial charge is 0.290 e. The van der Waals surface area contributed by atoms with Gasteiger partial charge in [0, 0.05) is 12.8 Å². The number of nitrogens with one attached hydrogen (secondary N) is 2. The number of hydrogen-bond acceptors (Lipinski definition) is 8. The summed E-state index contributed by atoms with van der Waals surface area (Å²) in [6.45, 7) is 4.68. The van der Waals surface area contributed by atoms with E-state index >= 15 is 0 Å². The third-order valence-corrected chi connectivity index (χ3v) is 4.95. The second-order valence-electron chi connectivity index (χ2n) is 7.73. The molecule has 0 radical (unpaired) electrons. The molecule has 10 heteroatoms. The van der Waals surface area contributed by atoms with Crippen LogP contribution in [-0.4, -0.2) is 48.5 Å². The molecule has 10 nitrogen and oxygen atoms in total. The molecule has 2 aromatic rings. The lowest BCUT2D eigenvalue weighted by molar-refractivity contribution is -0.123. The summed E-state index contributed by atoms with van der Waals surface area (Å²) in [5.41, 5.74) is 17.6. The largest absolute Gasteiger partial charge is 0.489 e. The van der Waals surface area contributed by atoms with Crippen molar-refractivity contribution >= 4 is 35.7 Å². The highest BCUT2D eigenvalue weighted by atomic mass is 16.5. The van der Waals surface area contributed by atoms with Crippen LogP contribution in [0.15, 0.2) is 24.3 Å². The number of nitrogens with two attached hydrogens (primary N) is 2. The Morgan fingerprint density at radius 1 is 0.853 bits per heavy atom. The van der Waals surface area contributed by atoms with Crippen LogP contribution in [0, 0.1) is 25.7 Å². The zero-order chi connectivity index (χ0) is 25.1. The molecule has 34 heavy (non-hydrogen) atoms. The van der Waals surface area contributed by atoms with Crippen LogP contribution in [0.1, 0.15) is 24.0 Å². The van der Waals surface area contributed by atoms with Crippen molar-refractivity contribution < 1.29 is 29.3 Å². The van der Waals surface area contributed by atoms with Crippen molar-refractivity contribution in [3.8, 4) is 23.3 Å².